The molecule has 0 aromatic heterocycles. The number of ether oxygens (including phenoxy) is 2. The van der Waals surface area contributed by atoms with Gasteiger partial charge >= 0.3 is 0 Å². The molecule has 5 heteroatoms. The van der Waals surface area contributed by atoms with Crippen molar-refractivity contribution < 1.29 is 9.47 Å². The number of aliphatic imine (C=N–C) groups is 1. The van der Waals surface area contributed by atoms with Crippen molar-refractivity contribution in [1.82, 2.24) is 10.6 Å². The van der Waals surface area contributed by atoms with E-state index in [0.717, 1.165) is 29.6 Å². The van der Waals surface area contributed by atoms with Gasteiger partial charge in [-0.1, -0.05) is 44.2 Å². The van der Waals surface area contributed by atoms with Gasteiger partial charge in [-0.15, -0.1) is 0 Å². The van der Waals surface area contributed by atoms with Gasteiger partial charge in [-0.25, -0.2) is 0 Å². The van der Waals surface area contributed by atoms with E-state index in [1.807, 2.05) is 24.3 Å². The van der Waals surface area contributed by atoms with Crippen molar-refractivity contribution in [2.45, 2.75) is 25.8 Å². The topological polar surface area (TPSA) is 54.9 Å². The zero-order valence-electron chi connectivity index (χ0n) is 16.3. The highest BCUT2D eigenvalue weighted by Crippen LogP contribution is 2.24. The minimum Gasteiger partial charge on any atom is -0.497 e. The fraction of sp³-hybridized carbons (Fsp3) is 0.381. The lowest BCUT2D eigenvalue weighted by Gasteiger charge is -2.26. The van der Waals surface area contributed by atoms with Gasteiger partial charge in [0.2, 0.25) is 0 Å². The number of hydrogen-bond acceptors (Lipinski definition) is 3. The fourth-order valence-corrected chi connectivity index (χ4v) is 2.69. The van der Waals surface area contributed by atoms with Crippen LogP contribution in [-0.2, 0) is 12.0 Å². The Morgan fingerprint density at radius 2 is 1.73 bits per heavy atom. The number of guanidine groups is 1. The van der Waals surface area contributed by atoms with Crippen LogP contribution in [-0.4, -0.2) is 33.8 Å². The summed E-state index contributed by atoms with van der Waals surface area (Å²) in [6.07, 6.45) is 0. The maximum absolute atomic E-state index is 5.45. The summed E-state index contributed by atoms with van der Waals surface area (Å²) in [5.74, 6) is 2.32. The van der Waals surface area contributed by atoms with Crippen molar-refractivity contribution in [3.8, 4) is 11.5 Å². The van der Waals surface area contributed by atoms with Gasteiger partial charge < -0.3 is 20.1 Å². The van der Waals surface area contributed by atoms with Gasteiger partial charge in [-0.05, 0) is 17.7 Å². The van der Waals surface area contributed by atoms with E-state index in [9.17, 15) is 0 Å². The number of rotatable bonds is 7. The Morgan fingerprint density at radius 1 is 1.00 bits per heavy atom. The molecule has 140 valence electrons. The number of hydrogen-bond donors (Lipinski definition) is 2. The number of nitrogens with one attached hydrogen (secondary N) is 2. The summed E-state index contributed by atoms with van der Waals surface area (Å²) in [5.41, 5.74) is 2.33. The molecule has 0 saturated heterocycles. The zero-order chi connectivity index (χ0) is 19.0. The van der Waals surface area contributed by atoms with Gasteiger partial charge in [0.1, 0.15) is 11.5 Å². The zero-order valence-corrected chi connectivity index (χ0v) is 16.3. The SMILES string of the molecule is CN=C(NCc1ccc(OC)cc1OC)NCC(C)(C)c1ccccc1. The van der Waals surface area contributed by atoms with Gasteiger partial charge in [0.05, 0.1) is 14.2 Å². The van der Waals surface area contributed by atoms with E-state index >= 15 is 0 Å². The van der Waals surface area contributed by atoms with Crippen LogP contribution in [0.3, 0.4) is 0 Å². The standard InChI is InChI=1S/C21H29N3O2/c1-21(2,17-9-7-6-8-10-17)15-24-20(22-3)23-14-16-11-12-18(25-4)13-19(16)26-5/h6-13H,14-15H2,1-5H3,(H2,22,23,24). The molecule has 26 heavy (non-hydrogen) atoms. The van der Waals surface area contributed by atoms with Crippen LogP contribution >= 0.6 is 0 Å². The van der Waals surface area contributed by atoms with E-state index in [4.69, 9.17) is 9.47 Å². The van der Waals surface area contributed by atoms with Gasteiger partial charge in [-0.3, -0.25) is 4.99 Å². The average Bonchev–Trinajstić information content (AvgIpc) is 2.68. The summed E-state index contributed by atoms with van der Waals surface area (Å²) in [4.78, 5) is 4.32. The normalized spacial score (nSPS) is 11.8. The molecule has 0 aliphatic rings. The van der Waals surface area contributed by atoms with Crippen LogP contribution in [0.1, 0.15) is 25.0 Å². The molecule has 0 bridgehead atoms. The maximum atomic E-state index is 5.45. The first-order chi connectivity index (χ1) is 12.5. The lowest BCUT2D eigenvalue weighted by Crippen LogP contribution is -2.43. The molecular weight excluding hydrogens is 326 g/mol. The van der Waals surface area contributed by atoms with E-state index in [0.29, 0.717) is 6.54 Å². The second kappa shape index (κ2) is 9.13. The van der Waals surface area contributed by atoms with Gasteiger partial charge in [0.15, 0.2) is 5.96 Å². The number of nitrogens with zero attached hydrogens (tertiary/aromatic N) is 1. The van der Waals surface area contributed by atoms with Crippen LogP contribution in [0.25, 0.3) is 0 Å². The Balaban J connectivity index is 1.96. The smallest absolute Gasteiger partial charge is 0.191 e. The molecule has 0 fully saturated rings. The molecule has 2 aromatic rings. The van der Waals surface area contributed by atoms with Crippen molar-refractivity contribution >= 4 is 5.96 Å². The van der Waals surface area contributed by atoms with Crippen molar-refractivity contribution in [3.05, 3.63) is 59.7 Å². The Bertz CT molecular complexity index is 727. The Labute approximate surface area is 156 Å². The van der Waals surface area contributed by atoms with Crippen LogP contribution in [0.5, 0.6) is 11.5 Å². The molecule has 2 aromatic carbocycles. The van der Waals surface area contributed by atoms with Crippen molar-refractivity contribution in [1.29, 1.82) is 0 Å². The Kier molecular flexibility index (Phi) is 6.89. The first-order valence-corrected chi connectivity index (χ1v) is 8.71. The quantitative estimate of drug-likeness (QED) is 0.591. The lowest BCUT2D eigenvalue weighted by atomic mass is 9.85. The third-order valence-electron chi connectivity index (χ3n) is 4.42. The van der Waals surface area contributed by atoms with Gasteiger partial charge in [0.25, 0.3) is 0 Å². The molecule has 0 amide bonds. The molecule has 0 atom stereocenters. The van der Waals surface area contributed by atoms with Crippen LogP contribution < -0.4 is 20.1 Å². The largest absolute Gasteiger partial charge is 0.497 e. The van der Waals surface area contributed by atoms with Crippen molar-refractivity contribution in [3.63, 3.8) is 0 Å². The molecule has 0 unspecified atom stereocenters. The molecule has 2 rings (SSSR count). The minimum absolute atomic E-state index is 0.00329. The average molecular weight is 355 g/mol. The van der Waals surface area contributed by atoms with Crippen LogP contribution in [0.15, 0.2) is 53.5 Å². The first-order valence-electron chi connectivity index (χ1n) is 8.71. The highest BCUT2D eigenvalue weighted by molar-refractivity contribution is 5.79. The second-order valence-corrected chi connectivity index (χ2v) is 6.71. The third kappa shape index (κ3) is 5.15. The van der Waals surface area contributed by atoms with Crippen LogP contribution in [0.4, 0.5) is 0 Å². The molecule has 0 spiro atoms. The first kappa shape index (κ1) is 19.6. The van der Waals surface area contributed by atoms with E-state index in [1.54, 1.807) is 21.3 Å². The molecule has 2 N–H and O–H groups in total. The molecule has 0 aliphatic carbocycles. The summed E-state index contributed by atoms with van der Waals surface area (Å²) in [6, 6.07) is 16.3. The summed E-state index contributed by atoms with van der Waals surface area (Å²) in [6.45, 7) is 5.82. The van der Waals surface area contributed by atoms with E-state index in [-0.39, 0.29) is 5.41 Å². The maximum Gasteiger partial charge on any atom is 0.191 e. The van der Waals surface area contributed by atoms with Gasteiger partial charge in [-0.2, -0.15) is 0 Å². The fourth-order valence-electron chi connectivity index (χ4n) is 2.69. The summed E-state index contributed by atoms with van der Waals surface area (Å²) in [5, 5.41) is 6.75. The summed E-state index contributed by atoms with van der Waals surface area (Å²) >= 11 is 0. The van der Waals surface area contributed by atoms with Gasteiger partial charge in [0, 0.05) is 37.2 Å². The van der Waals surface area contributed by atoms with E-state index < -0.39 is 0 Å². The molecule has 0 aliphatic heterocycles. The molecular formula is C21H29N3O2. The minimum atomic E-state index is -0.00329. The monoisotopic (exact) mass is 355 g/mol. The Morgan fingerprint density at radius 3 is 2.35 bits per heavy atom. The van der Waals surface area contributed by atoms with Crippen molar-refractivity contribution in [2.75, 3.05) is 27.8 Å². The lowest BCUT2D eigenvalue weighted by molar-refractivity contribution is 0.390. The van der Waals surface area contributed by atoms with Crippen LogP contribution in [0, 0.1) is 0 Å². The number of benzene rings is 2. The molecule has 5 nitrogen and oxygen atoms in total. The predicted molar refractivity (Wildman–Crippen MR) is 107 cm³/mol. The molecule has 0 radical (unpaired) electrons. The predicted octanol–water partition coefficient (Wildman–Crippen LogP) is 3.35. The molecule has 0 heterocycles. The summed E-state index contributed by atoms with van der Waals surface area (Å²) in [7, 11) is 5.08. The highest BCUT2D eigenvalue weighted by Gasteiger charge is 2.20. The third-order valence-corrected chi connectivity index (χ3v) is 4.42. The molecule has 0 saturated carbocycles. The van der Waals surface area contributed by atoms with Crippen LogP contribution in [0.2, 0.25) is 0 Å². The number of methoxy groups -OCH3 is 2. The van der Waals surface area contributed by atoms with E-state index in [2.05, 4.69) is 53.7 Å². The van der Waals surface area contributed by atoms with Crippen molar-refractivity contribution in [2.24, 2.45) is 4.99 Å². The second-order valence-electron chi connectivity index (χ2n) is 6.71. The Hall–Kier alpha value is -2.69. The highest BCUT2D eigenvalue weighted by atomic mass is 16.5. The van der Waals surface area contributed by atoms with E-state index in [1.165, 1.54) is 5.56 Å². The summed E-state index contributed by atoms with van der Waals surface area (Å²) < 4.78 is 10.7.